The van der Waals surface area contributed by atoms with Crippen molar-refractivity contribution in [3.8, 4) is 0 Å². The highest BCUT2D eigenvalue weighted by atomic mass is 79.9. The minimum Gasteiger partial charge on any atom is -0.365 e. The van der Waals surface area contributed by atoms with Crippen molar-refractivity contribution in [2.24, 2.45) is 0 Å². The van der Waals surface area contributed by atoms with Gasteiger partial charge in [-0.1, -0.05) is 28.1 Å². The van der Waals surface area contributed by atoms with Gasteiger partial charge in [-0.15, -0.1) is 11.3 Å². The van der Waals surface area contributed by atoms with Crippen LogP contribution in [0.15, 0.2) is 40.4 Å². The largest absolute Gasteiger partial charge is 0.365 e. The summed E-state index contributed by atoms with van der Waals surface area (Å²) < 4.78 is 2.21. The van der Waals surface area contributed by atoms with Gasteiger partial charge in [0.1, 0.15) is 12.1 Å². The molecule has 2 aromatic heterocycles. The zero-order valence-corrected chi connectivity index (χ0v) is 12.8. The van der Waals surface area contributed by atoms with Crippen molar-refractivity contribution in [3.63, 3.8) is 0 Å². The second-order valence-electron chi connectivity index (χ2n) is 4.30. The van der Waals surface area contributed by atoms with E-state index in [-0.39, 0.29) is 0 Å². The van der Waals surface area contributed by atoms with Crippen LogP contribution in [-0.4, -0.2) is 9.97 Å². The normalized spacial score (nSPS) is 10.8. The molecule has 96 valence electrons. The van der Waals surface area contributed by atoms with Gasteiger partial charge in [-0.3, -0.25) is 0 Å². The number of aromatic nitrogens is 2. The van der Waals surface area contributed by atoms with E-state index in [1.54, 1.807) is 17.7 Å². The zero-order chi connectivity index (χ0) is 13.2. The Kier molecular flexibility index (Phi) is 3.48. The average Bonchev–Trinajstić information content (AvgIpc) is 2.79. The Morgan fingerprint density at radius 1 is 1.32 bits per heavy atom. The van der Waals surface area contributed by atoms with Gasteiger partial charge in [0.2, 0.25) is 0 Å². The molecule has 0 aliphatic rings. The number of nitrogens with one attached hydrogen (secondary N) is 1. The number of halogens is 1. The summed E-state index contributed by atoms with van der Waals surface area (Å²) in [5.41, 5.74) is 3.46. The number of benzene rings is 1. The van der Waals surface area contributed by atoms with Gasteiger partial charge in [0.25, 0.3) is 0 Å². The van der Waals surface area contributed by atoms with Gasteiger partial charge in [-0.2, -0.15) is 0 Å². The van der Waals surface area contributed by atoms with Gasteiger partial charge >= 0.3 is 0 Å². The Hall–Kier alpha value is -1.46. The van der Waals surface area contributed by atoms with Gasteiger partial charge in [-0.25, -0.2) is 9.97 Å². The van der Waals surface area contributed by atoms with Crippen molar-refractivity contribution in [3.05, 3.63) is 51.6 Å². The Labute approximate surface area is 123 Å². The fraction of sp³-hybridized carbons (Fsp3) is 0.143. The van der Waals surface area contributed by atoms with Gasteiger partial charge in [-0.05, 0) is 35.6 Å². The summed E-state index contributed by atoms with van der Waals surface area (Å²) >= 11 is 5.16. The van der Waals surface area contributed by atoms with Crippen LogP contribution in [0.5, 0.6) is 0 Å². The number of rotatable bonds is 3. The van der Waals surface area contributed by atoms with E-state index in [4.69, 9.17) is 0 Å². The molecule has 2 heterocycles. The van der Waals surface area contributed by atoms with Gasteiger partial charge < -0.3 is 5.32 Å². The molecule has 0 aliphatic carbocycles. The summed E-state index contributed by atoms with van der Waals surface area (Å²) in [6.45, 7) is 2.83. The van der Waals surface area contributed by atoms with Crippen LogP contribution in [0.1, 0.15) is 11.1 Å². The average molecular weight is 334 g/mol. The molecule has 0 bridgehead atoms. The van der Waals surface area contributed by atoms with E-state index in [2.05, 4.69) is 55.7 Å². The third kappa shape index (κ3) is 2.62. The van der Waals surface area contributed by atoms with Crippen molar-refractivity contribution in [1.29, 1.82) is 0 Å². The van der Waals surface area contributed by atoms with E-state index in [0.717, 1.165) is 27.1 Å². The lowest BCUT2D eigenvalue weighted by Gasteiger charge is -2.06. The third-order valence-corrected chi connectivity index (χ3v) is 4.47. The molecule has 0 fully saturated rings. The number of thiophene rings is 1. The second kappa shape index (κ2) is 5.27. The molecule has 19 heavy (non-hydrogen) atoms. The number of fused-ring (bicyclic) bond motifs is 1. The fourth-order valence-corrected chi connectivity index (χ4v) is 3.34. The van der Waals surface area contributed by atoms with Crippen molar-refractivity contribution in [1.82, 2.24) is 9.97 Å². The van der Waals surface area contributed by atoms with Crippen LogP contribution in [0.2, 0.25) is 0 Å². The van der Waals surface area contributed by atoms with E-state index in [0.29, 0.717) is 0 Å². The molecule has 3 aromatic rings. The first-order valence-electron chi connectivity index (χ1n) is 5.91. The van der Waals surface area contributed by atoms with Crippen molar-refractivity contribution in [2.75, 3.05) is 5.32 Å². The first kappa shape index (κ1) is 12.6. The molecular formula is C14H12BrN3S. The number of hydrogen-bond acceptors (Lipinski definition) is 4. The van der Waals surface area contributed by atoms with E-state index in [9.17, 15) is 0 Å². The molecule has 0 spiro atoms. The van der Waals surface area contributed by atoms with Crippen LogP contribution in [-0.2, 0) is 6.54 Å². The second-order valence-corrected chi connectivity index (χ2v) is 6.10. The molecule has 3 nitrogen and oxygen atoms in total. The highest BCUT2D eigenvalue weighted by Crippen LogP contribution is 2.28. The molecule has 1 aromatic carbocycles. The molecule has 0 aliphatic heterocycles. The van der Waals surface area contributed by atoms with Gasteiger partial charge in [0.15, 0.2) is 0 Å². The number of aryl methyl sites for hydroxylation is 1. The Morgan fingerprint density at radius 3 is 3.05 bits per heavy atom. The van der Waals surface area contributed by atoms with Crippen LogP contribution in [0.3, 0.4) is 0 Å². The number of nitrogens with zero attached hydrogens (tertiary/aromatic N) is 2. The SMILES string of the molecule is Cc1csc2c(NCc3cccc(Br)c3)ncnc12. The summed E-state index contributed by atoms with van der Waals surface area (Å²) in [6, 6.07) is 8.25. The lowest BCUT2D eigenvalue weighted by Crippen LogP contribution is -2.01. The summed E-state index contributed by atoms with van der Waals surface area (Å²) in [6.07, 6.45) is 1.62. The standard InChI is InChI=1S/C14H12BrN3S/c1-9-7-19-13-12(9)17-8-18-14(13)16-6-10-3-2-4-11(15)5-10/h2-5,7-8H,6H2,1H3,(H,16,17,18). The van der Waals surface area contributed by atoms with E-state index in [1.807, 2.05) is 12.1 Å². The van der Waals surface area contributed by atoms with Gasteiger partial charge in [0.05, 0.1) is 10.2 Å². The molecule has 0 amide bonds. The Morgan fingerprint density at radius 2 is 2.21 bits per heavy atom. The molecule has 0 saturated carbocycles. The van der Waals surface area contributed by atoms with Crippen molar-refractivity contribution < 1.29 is 0 Å². The first-order valence-corrected chi connectivity index (χ1v) is 7.58. The Balaban J connectivity index is 1.86. The molecule has 0 unspecified atom stereocenters. The maximum Gasteiger partial charge on any atom is 0.147 e. The number of anilines is 1. The maximum absolute atomic E-state index is 4.33. The highest BCUT2D eigenvalue weighted by molar-refractivity contribution is 9.10. The van der Waals surface area contributed by atoms with E-state index < -0.39 is 0 Å². The molecule has 1 N–H and O–H groups in total. The summed E-state index contributed by atoms with van der Waals surface area (Å²) in [5, 5.41) is 5.50. The predicted molar refractivity (Wildman–Crippen MR) is 83.6 cm³/mol. The monoisotopic (exact) mass is 333 g/mol. The molecule has 3 rings (SSSR count). The third-order valence-electron chi connectivity index (χ3n) is 2.88. The molecule has 0 saturated heterocycles. The van der Waals surface area contributed by atoms with E-state index in [1.165, 1.54) is 11.1 Å². The molecule has 0 atom stereocenters. The molecule has 5 heteroatoms. The summed E-state index contributed by atoms with van der Waals surface area (Å²) in [4.78, 5) is 8.66. The Bertz CT molecular complexity index is 724. The van der Waals surface area contributed by atoms with Crippen LogP contribution in [0.25, 0.3) is 10.2 Å². The van der Waals surface area contributed by atoms with Crippen molar-refractivity contribution >= 4 is 43.3 Å². The number of hydrogen-bond donors (Lipinski definition) is 1. The fourth-order valence-electron chi connectivity index (χ4n) is 1.93. The van der Waals surface area contributed by atoms with Crippen LogP contribution < -0.4 is 5.32 Å². The molecular weight excluding hydrogens is 322 g/mol. The van der Waals surface area contributed by atoms with Crippen LogP contribution >= 0.6 is 27.3 Å². The summed E-state index contributed by atoms with van der Waals surface area (Å²) in [5.74, 6) is 0.906. The zero-order valence-electron chi connectivity index (χ0n) is 10.4. The maximum atomic E-state index is 4.33. The first-order chi connectivity index (χ1) is 9.24. The lowest BCUT2D eigenvalue weighted by atomic mass is 10.2. The smallest absolute Gasteiger partial charge is 0.147 e. The quantitative estimate of drug-likeness (QED) is 0.773. The predicted octanol–water partition coefficient (Wildman–Crippen LogP) is 4.37. The van der Waals surface area contributed by atoms with Gasteiger partial charge in [0, 0.05) is 11.0 Å². The lowest BCUT2D eigenvalue weighted by molar-refractivity contribution is 1.10. The van der Waals surface area contributed by atoms with Crippen LogP contribution in [0.4, 0.5) is 5.82 Å². The minimum absolute atomic E-state index is 0.752. The summed E-state index contributed by atoms with van der Waals surface area (Å²) in [7, 11) is 0. The molecule has 0 radical (unpaired) electrons. The highest BCUT2D eigenvalue weighted by Gasteiger charge is 2.07. The van der Waals surface area contributed by atoms with Crippen LogP contribution in [0, 0.1) is 6.92 Å². The topological polar surface area (TPSA) is 37.8 Å². The van der Waals surface area contributed by atoms with Crippen molar-refractivity contribution in [2.45, 2.75) is 13.5 Å². The minimum atomic E-state index is 0.752. The van der Waals surface area contributed by atoms with E-state index >= 15 is 0 Å².